The first-order chi connectivity index (χ1) is 17.4. The molecule has 0 spiro atoms. The first-order valence-corrected chi connectivity index (χ1v) is 11.5. The average molecular weight is 492 g/mol. The molecule has 0 bridgehead atoms. The number of likely N-dealkylation sites (tertiary alicyclic amines) is 1. The van der Waals surface area contributed by atoms with Crippen LogP contribution in [0.5, 0.6) is 17.2 Å². The van der Waals surface area contributed by atoms with E-state index in [9.17, 15) is 14.7 Å². The Balaban J connectivity index is 1.83. The fourth-order valence-electron chi connectivity index (χ4n) is 4.43. The molecule has 36 heavy (non-hydrogen) atoms. The Labute approximate surface area is 209 Å². The summed E-state index contributed by atoms with van der Waals surface area (Å²) in [6.07, 6.45) is 5.79. The van der Waals surface area contributed by atoms with Crippen molar-refractivity contribution in [3.05, 3.63) is 77.4 Å². The predicted molar refractivity (Wildman–Crippen MR) is 133 cm³/mol. The summed E-state index contributed by atoms with van der Waals surface area (Å²) in [4.78, 5) is 32.1. The molecule has 1 atom stereocenters. The quantitative estimate of drug-likeness (QED) is 0.276. The number of benzene rings is 2. The van der Waals surface area contributed by atoms with E-state index in [0.717, 1.165) is 5.56 Å². The van der Waals surface area contributed by atoms with Crippen LogP contribution in [0.15, 0.2) is 60.7 Å². The van der Waals surface area contributed by atoms with E-state index in [0.29, 0.717) is 41.3 Å². The van der Waals surface area contributed by atoms with Crippen LogP contribution in [0.3, 0.4) is 0 Å². The Morgan fingerprint density at radius 3 is 2.22 bits per heavy atom. The van der Waals surface area contributed by atoms with Crippen LogP contribution in [-0.4, -0.2) is 59.1 Å². The fraction of sp³-hybridized carbons (Fsp3) is 0.296. The highest BCUT2D eigenvalue weighted by molar-refractivity contribution is 6.46. The number of amides is 1. The SMILES string of the molecule is COc1cc(C2C(=C(O)c3ccc(C)cc3)C(=O)C(=O)N2CCCn2ccnc2)cc(OC)c1OC. The van der Waals surface area contributed by atoms with Crippen molar-refractivity contribution in [3.63, 3.8) is 0 Å². The van der Waals surface area contributed by atoms with Crippen molar-refractivity contribution < 1.29 is 28.9 Å². The van der Waals surface area contributed by atoms with Crippen LogP contribution < -0.4 is 14.2 Å². The van der Waals surface area contributed by atoms with Crippen LogP contribution in [0.1, 0.15) is 29.2 Å². The Bertz CT molecular complexity index is 1260. The second-order valence-corrected chi connectivity index (χ2v) is 8.47. The number of ether oxygens (including phenoxy) is 3. The molecule has 0 saturated carbocycles. The summed E-state index contributed by atoms with van der Waals surface area (Å²) in [7, 11) is 4.49. The number of hydrogen-bond donors (Lipinski definition) is 1. The molecular weight excluding hydrogens is 462 g/mol. The van der Waals surface area contributed by atoms with E-state index >= 15 is 0 Å². The van der Waals surface area contributed by atoms with E-state index < -0.39 is 17.7 Å². The van der Waals surface area contributed by atoms with Gasteiger partial charge in [0.25, 0.3) is 11.7 Å². The maximum Gasteiger partial charge on any atom is 0.295 e. The van der Waals surface area contributed by atoms with Crippen molar-refractivity contribution in [1.82, 2.24) is 14.5 Å². The standard InChI is InChI=1S/C27H29N3O6/c1-17-6-8-18(9-7-17)24(31)22-23(19-14-20(34-2)26(36-4)21(15-19)35-3)30(27(33)25(22)32)12-5-11-29-13-10-28-16-29/h6-10,13-16,23,31H,5,11-12H2,1-4H3. The number of ketones is 1. The molecule has 1 unspecified atom stereocenters. The normalized spacial score (nSPS) is 16.9. The maximum absolute atomic E-state index is 13.3. The lowest BCUT2D eigenvalue weighted by Crippen LogP contribution is -2.31. The van der Waals surface area contributed by atoms with Gasteiger partial charge in [0.15, 0.2) is 11.5 Å². The van der Waals surface area contributed by atoms with Gasteiger partial charge in [-0.15, -0.1) is 0 Å². The summed E-state index contributed by atoms with van der Waals surface area (Å²) in [5, 5.41) is 11.3. The summed E-state index contributed by atoms with van der Waals surface area (Å²) in [6.45, 7) is 2.83. The molecule has 1 amide bonds. The van der Waals surface area contributed by atoms with Gasteiger partial charge in [-0.25, -0.2) is 4.98 Å². The molecule has 9 nitrogen and oxygen atoms in total. The third kappa shape index (κ3) is 4.64. The number of methoxy groups -OCH3 is 3. The Morgan fingerprint density at radius 2 is 1.67 bits per heavy atom. The number of nitrogens with zero attached hydrogens (tertiary/aromatic N) is 3. The number of carbonyl (C=O) groups excluding carboxylic acids is 2. The summed E-state index contributed by atoms with van der Waals surface area (Å²) >= 11 is 0. The highest BCUT2D eigenvalue weighted by Crippen LogP contribution is 2.45. The minimum Gasteiger partial charge on any atom is -0.507 e. The maximum atomic E-state index is 13.3. The van der Waals surface area contributed by atoms with Crippen LogP contribution >= 0.6 is 0 Å². The smallest absolute Gasteiger partial charge is 0.295 e. The van der Waals surface area contributed by atoms with Gasteiger partial charge < -0.3 is 28.8 Å². The zero-order valence-corrected chi connectivity index (χ0v) is 20.7. The molecule has 1 N–H and O–H groups in total. The molecule has 1 aliphatic heterocycles. The molecule has 188 valence electrons. The summed E-state index contributed by atoms with van der Waals surface area (Å²) < 4.78 is 18.4. The summed E-state index contributed by atoms with van der Waals surface area (Å²) in [5.41, 5.74) is 2.03. The van der Waals surface area contributed by atoms with Gasteiger partial charge in [0.1, 0.15) is 5.76 Å². The largest absolute Gasteiger partial charge is 0.507 e. The van der Waals surface area contributed by atoms with Crippen LogP contribution in [0, 0.1) is 6.92 Å². The highest BCUT2D eigenvalue weighted by atomic mass is 16.5. The third-order valence-corrected chi connectivity index (χ3v) is 6.24. The van der Waals surface area contributed by atoms with Gasteiger partial charge in [0, 0.05) is 31.0 Å². The van der Waals surface area contributed by atoms with Gasteiger partial charge in [-0.05, 0) is 31.0 Å². The van der Waals surface area contributed by atoms with E-state index in [1.807, 2.05) is 29.8 Å². The number of rotatable bonds is 9. The number of aromatic nitrogens is 2. The minimum absolute atomic E-state index is 0.0146. The zero-order valence-electron chi connectivity index (χ0n) is 20.7. The number of aliphatic hydroxyl groups excluding tert-OH is 1. The van der Waals surface area contributed by atoms with Crippen molar-refractivity contribution in [2.24, 2.45) is 0 Å². The molecule has 2 heterocycles. The number of carbonyl (C=O) groups is 2. The monoisotopic (exact) mass is 491 g/mol. The van der Waals surface area contributed by atoms with Gasteiger partial charge in [0.05, 0.1) is 39.3 Å². The molecule has 1 aliphatic rings. The lowest BCUT2D eigenvalue weighted by atomic mass is 9.94. The number of hydrogen-bond acceptors (Lipinski definition) is 7. The number of aryl methyl sites for hydroxylation is 2. The molecule has 9 heteroatoms. The van der Waals surface area contributed by atoms with Crippen molar-refractivity contribution in [2.75, 3.05) is 27.9 Å². The summed E-state index contributed by atoms with van der Waals surface area (Å²) in [5.74, 6) is -0.497. The molecule has 0 aliphatic carbocycles. The van der Waals surface area contributed by atoms with Crippen molar-refractivity contribution in [1.29, 1.82) is 0 Å². The number of aliphatic hydroxyl groups is 1. The van der Waals surface area contributed by atoms with Crippen LogP contribution in [0.4, 0.5) is 0 Å². The van der Waals surface area contributed by atoms with Gasteiger partial charge in [0.2, 0.25) is 5.75 Å². The van der Waals surface area contributed by atoms with Gasteiger partial charge >= 0.3 is 0 Å². The lowest BCUT2D eigenvalue weighted by Gasteiger charge is -2.26. The van der Waals surface area contributed by atoms with Crippen molar-refractivity contribution >= 4 is 17.4 Å². The molecule has 0 radical (unpaired) electrons. The summed E-state index contributed by atoms with van der Waals surface area (Å²) in [6, 6.07) is 9.68. The van der Waals surface area contributed by atoms with E-state index in [1.54, 1.807) is 36.8 Å². The fourth-order valence-corrected chi connectivity index (χ4v) is 4.43. The van der Waals surface area contributed by atoms with Crippen LogP contribution in [0.25, 0.3) is 5.76 Å². The average Bonchev–Trinajstić information content (AvgIpc) is 3.50. The Hall–Kier alpha value is -4.27. The topological polar surface area (TPSA) is 103 Å². The van der Waals surface area contributed by atoms with E-state index in [4.69, 9.17) is 14.2 Å². The van der Waals surface area contributed by atoms with E-state index in [2.05, 4.69) is 4.98 Å². The van der Waals surface area contributed by atoms with Crippen molar-refractivity contribution in [3.8, 4) is 17.2 Å². The minimum atomic E-state index is -0.845. The number of Topliss-reactive ketones (excluding diaryl/α,β-unsaturated/α-hetero) is 1. The molecule has 1 saturated heterocycles. The molecule has 2 aromatic carbocycles. The van der Waals surface area contributed by atoms with E-state index in [1.165, 1.54) is 26.2 Å². The Kier molecular flexibility index (Phi) is 7.28. The zero-order chi connectivity index (χ0) is 25.8. The van der Waals surface area contributed by atoms with Crippen LogP contribution in [-0.2, 0) is 16.1 Å². The first-order valence-electron chi connectivity index (χ1n) is 11.5. The second-order valence-electron chi connectivity index (χ2n) is 8.47. The van der Waals surface area contributed by atoms with Crippen LogP contribution in [0.2, 0.25) is 0 Å². The third-order valence-electron chi connectivity index (χ3n) is 6.24. The first kappa shape index (κ1) is 24.8. The second kappa shape index (κ2) is 10.6. The van der Waals surface area contributed by atoms with Gasteiger partial charge in [-0.3, -0.25) is 9.59 Å². The number of imidazole rings is 1. The molecule has 1 fully saturated rings. The lowest BCUT2D eigenvalue weighted by molar-refractivity contribution is -0.139. The predicted octanol–water partition coefficient (Wildman–Crippen LogP) is 3.73. The molecule has 1 aromatic heterocycles. The van der Waals surface area contributed by atoms with Gasteiger partial charge in [-0.2, -0.15) is 0 Å². The van der Waals surface area contributed by atoms with Crippen molar-refractivity contribution in [2.45, 2.75) is 25.9 Å². The van der Waals surface area contributed by atoms with Gasteiger partial charge in [-0.1, -0.05) is 29.8 Å². The molecular formula is C27H29N3O6. The molecule has 3 aromatic rings. The van der Waals surface area contributed by atoms with E-state index in [-0.39, 0.29) is 17.9 Å². The highest BCUT2D eigenvalue weighted by Gasteiger charge is 2.46. The molecule has 4 rings (SSSR count). The Morgan fingerprint density at radius 1 is 1.00 bits per heavy atom.